The van der Waals surface area contributed by atoms with Gasteiger partial charge in [-0.3, -0.25) is 9.00 Å². The Kier molecular flexibility index (Phi) is 3.92. The number of hydrogen-bond donors (Lipinski definition) is 2. The molecule has 2 aromatic rings. The van der Waals surface area contributed by atoms with Crippen molar-refractivity contribution in [3.63, 3.8) is 0 Å². The highest BCUT2D eigenvalue weighted by Gasteiger charge is 2.21. The molecule has 1 fully saturated rings. The summed E-state index contributed by atoms with van der Waals surface area (Å²) in [6.07, 6.45) is 1.46. The molecule has 0 spiro atoms. The highest BCUT2D eigenvalue weighted by Crippen LogP contribution is 2.25. The Labute approximate surface area is 125 Å². The van der Waals surface area contributed by atoms with Gasteiger partial charge in [0.2, 0.25) is 0 Å². The highest BCUT2D eigenvalue weighted by atomic mass is 32.2. The molecule has 0 aromatic heterocycles. The fourth-order valence-corrected chi connectivity index (χ4v) is 3.91. The first-order chi connectivity index (χ1) is 10.1. The van der Waals surface area contributed by atoms with E-state index in [-0.39, 0.29) is 17.7 Å². The number of carbonyl (C=O) groups excluding carboxylic acids is 1. The second-order valence-corrected chi connectivity index (χ2v) is 7.01. The predicted octanol–water partition coefficient (Wildman–Crippen LogP) is 2.19. The Morgan fingerprint density at radius 2 is 1.76 bits per heavy atom. The largest absolute Gasteiger partial charge is 0.507 e. The second-order valence-electron chi connectivity index (χ2n) is 5.31. The van der Waals surface area contributed by atoms with Crippen molar-refractivity contribution < 1.29 is 14.1 Å². The maximum absolute atomic E-state index is 12.3. The first-order valence-corrected chi connectivity index (χ1v) is 8.50. The van der Waals surface area contributed by atoms with Crippen LogP contribution in [-0.4, -0.2) is 32.8 Å². The zero-order valence-corrected chi connectivity index (χ0v) is 12.4. The molecule has 1 aliphatic rings. The van der Waals surface area contributed by atoms with Crippen LogP contribution in [-0.2, 0) is 10.8 Å². The average Bonchev–Trinajstić information content (AvgIpc) is 2.49. The molecule has 1 heterocycles. The van der Waals surface area contributed by atoms with Crippen LogP contribution < -0.4 is 5.32 Å². The van der Waals surface area contributed by atoms with Gasteiger partial charge in [-0.15, -0.1) is 0 Å². The number of hydrogen-bond acceptors (Lipinski definition) is 3. The van der Waals surface area contributed by atoms with E-state index >= 15 is 0 Å². The first-order valence-electron chi connectivity index (χ1n) is 7.01. The zero-order chi connectivity index (χ0) is 14.8. The van der Waals surface area contributed by atoms with Gasteiger partial charge in [-0.25, -0.2) is 0 Å². The van der Waals surface area contributed by atoms with Gasteiger partial charge in [0.1, 0.15) is 5.75 Å². The fourth-order valence-electron chi connectivity index (χ4n) is 2.61. The molecule has 1 saturated heterocycles. The van der Waals surface area contributed by atoms with Crippen LogP contribution in [0.1, 0.15) is 23.2 Å². The zero-order valence-electron chi connectivity index (χ0n) is 11.5. The lowest BCUT2D eigenvalue weighted by atomic mass is 10.0. The molecular weight excluding hydrogens is 286 g/mol. The van der Waals surface area contributed by atoms with Gasteiger partial charge < -0.3 is 10.4 Å². The number of aromatic hydroxyl groups is 1. The van der Waals surface area contributed by atoms with Gasteiger partial charge in [0.15, 0.2) is 0 Å². The third kappa shape index (κ3) is 3.08. The van der Waals surface area contributed by atoms with E-state index in [4.69, 9.17) is 0 Å². The molecule has 0 radical (unpaired) electrons. The minimum atomic E-state index is -0.744. The lowest BCUT2D eigenvalue weighted by Gasteiger charge is -2.22. The van der Waals surface area contributed by atoms with Crippen LogP contribution >= 0.6 is 0 Å². The van der Waals surface area contributed by atoms with Crippen molar-refractivity contribution in [3.05, 3.63) is 42.0 Å². The van der Waals surface area contributed by atoms with E-state index in [0.29, 0.717) is 17.1 Å². The van der Waals surface area contributed by atoms with E-state index in [1.807, 2.05) is 24.3 Å². The standard InChI is InChI=1S/C16H17NO3S/c18-15-10-12-4-2-1-3-11(12)9-14(15)16(19)17-13-5-7-21(20)8-6-13/h1-4,9-10,13,18H,5-8H2,(H,17,19). The molecule has 0 saturated carbocycles. The molecule has 21 heavy (non-hydrogen) atoms. The number of carbonyl (C=O) groups is 1. The van der Waals surface area contributed by atoms with Crippen molar-refractivity contribution in [1.29, 1.82) is 0 Å². The summed E-state index contributed by atoms with van der Waals surface area (Å²) in [5.41, 5.74) is 0.292. The van der Waals surface area contributed by atoms with E-state index in [0.717, 1.165) is 23.6 Å². The number of fused-ring (bicyclic) bond motifs is 1. The maximum Gasteiger partial charge on any atom is 0.255 e. The molecule has 5 heteroatoms. The number of rotatable bonds is 2. The molecular formula is C16H17NO3S. The minimum absolute atomic E-state index is 0.00872. The normalized spacial score (nSPS) is 22.1. The van der Waals surface area contributed by atoms with Gasteiger partial charge in [-0.05, 0) is 35.7 Å². The Balaban J connectivity index is 1.81. The lowest BCUT2D eigenvalue weighted by Crippen LogP contribution is -2.39. The molecule has 3 rings (SSSR count). The monoisotopic (exact) mass is 303 g/mol. The molecule has 0 unspecified atom stereocenters. The highest BCUT2D eigenvalue weighted by molar-refractivity contribution is 7.85. The van der Waals surface area contributed by atoms with Crippen molar-refractivity contribution in [2.45, 2.75) is 18.9 Å². The van der Waals surface area contributed by atoms with Crippen LogP contribution in [0.3, 0.4) is 0 Å². The summed E-state index contributed by atoms with van der Waals surface area (Å²) < 4.78 is 11.3. The minimum Gasteiger partial charge on any atom is -0.507 e. The van der Waals surface area contributed by atoms with Gasteiger partial charge in [0, 0.05) is 28.3 Å². The van der Waals surface area contributed by atoms with Crippen molar-refractivity contribution >= 4 is 27.5 Å². The van der Waals surface area contributed by atoms with Gasteiger partial charge in [0.05, 0.1) is 5.56 Å². The maximum atomic E-state index is 12.3. The molecule has 0 aliphatic carbocycles. The molecule has 0 bridgehead atoms. The van der Waals surface area contributed by atoms with Crippen LogP contribution in [0.4, 0.5) is 0 Å². The number of amides is 1. The van der Waals surface area contributed by atoms with E-state index in [1.165, 1.54) is 0 Å². The van der Waals surface area contributed by atoms with Crippen molar-refractivity contribution in [3.8, 4) is 5.75 Å². The average molecular weight is 303 g/mol. The summed E-state index contributed by atoms with van der Waals surface area (Å²) in [6.45, 7) is 0. The Hall–Kier alpha value is -1.88. The summed E-state index contributed by atoms with van der Waals surface area (Å²) in [4.78, 5) is 12.3. The number of phenolic OH excluding ortho intramolecular Hbond substituents is 1. The van der Waals surface area contributed by atoms with Crippen molar-refractivity contribution in [1.82, 2.24) is 5.32 Å². The van der Waals surface area contributed by atoms with Crippen LogP contribution in [0.15, 0.2) is 36.4 Å². The van der Waals surface area contributed by atoms with E-state index in [1.54, 1.807) is 12.1 Å². The number of benzene rings is 2. The first kappa shape index (κ1) is 14.1. The molecule has 1 aliphatic heterocycles. The van der Waals surface area contributed by atoms with E-state index in [2.05, 4.69) is 5.32 Å². The quantitative estimate of drug-likeness (QED) is 0.893. The van der Waals surface area contributed by atoms with E-state index in [9.17, 15) is 14.1 Å². The molecule has 4 nitrogen and oxygen atoms in total. The number of phenols is 1. The molecule has 2 aromatic carbocycles. The van der Waals surface area contributed by atoms with Crippen LogP contribution in [0, 0.1) is 0 Å². The molecule has 1 amide bonds. The summed E-state index contributed by atoms with van der Waals surface area (Å²) in [5, 5.41) is 14.8. The van der Waals surface area contributed by atoms with Gasteiger partial charge in [-0.1, -0.05) is 24.3 Å². The van der Waals surface area contributed by atoms with Gasteiger partial charge in [-0.2, -0.15) is 0 Å². The topological polar surface area (TPSA) is 66.4 Å². The fraction of sp³-hybridized carbons (Fsp3) is 0.312. The second kappa shape index (κ2) is 5.85. The summed E-state index contributed by atoms with van der Waals surface area (Å²) in [7, 11) is -0.744. The summed E-state index contributed by atoms with van der Waals surface area (Å²) >= 11 is 0. The van der Waals surface area contributed by atoms with E-state index < -0.39 is 10.8 Å². The molecule has 110 valence electrons. The lowest BCUT2D eigenvalue weighted by molar-refractivity contribution is 0.0932. The van der Waals surface area contributed by atoms with Gasteiger partial charge >= 0.3 is 0 Å². The molecule has 0 atom stereocenters. The SMILES string of the molecule is O=C(NC1CCS(=O)CC1)c1cc2ccccc2cc1O. The van der Waals surface area contributed by atoms with Crippen LogP contribution in [0.2, 0.25) is 0 Å². The Morgan fingerprint density at radius 1 is 1.14 bits per heavy atom. The van der Waals surface area contributed by atoms with Gasteiger partial charge in [0.25, 0.3) is 5.91 Å². The van der Waals surface area contributed by atoms with Crippen molar-refractivity contribution in [2.24, 2.45) is 0 Å². The third-order valence-electron chi connectivity index (χ3n) is 3.83. The van der Waals surface area contributed by atoms with Crippen LogP contribution in [0.25, 0.3) is 10.8 Å². The smallest absolute Gasteiger partial charge is 0.255 e. The summed E-state index contributed by atoms with van der Waals surface area (Å²) in [6, 6.07) is 11.0. The Bertz CT molecular complexity index is 704. The van der Waals surface area contributed by atoms with Crippen LogP contribution in [0.5, 0.6) is 5.75 Å². The molecule has 2 N–H and O–H groups in total. The Morgan fingerprint density at radius 3 is 2.43 bits per heavy atom. The predicted molar refractivity (Wildman–Crippen MR) is 84.0 cm³/mol. The van der Waals surface area contributed by atoms with Crippen molar-refractivity contribution in [2.75, 3.05) is 11.5 Å². The third-order valence-corrected chi connectivity index (χ3v) is 5.21. The number of nitrogens with one attached hydrogen (secondary N) is 1. The summed E-state index contributed by atoms with van der Waals surface area (Å²) in [5.74, 6) is 0.991.